The molecule has 1 spiro atoms. The summed E-state index contributed by atoms with van der Waals surface area (Å²) in [5, 5.41) is 0. The monoisotopic (exact) mass is 414 g/mol. The molecule has 2 saturated heterocycles. The molecule has 1 atom stereocenters. The third-order valence-corrected chi connectivity index (χ3v) is 7.75. The van der Waals surface area contributed by atoms with Crippen molar-refractivity contribution in [2.75, 3.05) is 40.9 Å². The van der Waals surface area contributed by atoms with Crippen LogP contribution in [0.3, 0.4) is 0 Å². The number of ether oxygens (including phenoxy) is 2. The number of methoxy groups -OCH3 is 2. The van der Waals surface area contributed by atoms with Gasteiger partial charge in [-0.3, -0.25) is 9.59 Å². The molecule has 30 heavy (non-hydrogen) atoms. The highest BCUT2D eigenvalue weighted by atomic mass is 16.5. The minimum absolute atomic E-state index is 0.0791. The Morgan fingerprint density at radius 1 is 1.03 bits per heavy atom. The second-order valence-electron chi connectivity index (χ2n) is 9.34. The van der Waals surface area contributed by atoms with E-state index >= 15 is 0 Å². The van der Waals surface area contributed by atoms with E-state index in [0.717, 1.165) is 56.3 Å². The number of rotatable bonds is 4. The Hall–Kier alpha value is -2.08. The predicted octanol–water partition coefficient (Wildman–Crippen LogP) is 2.99. The van der Waals surface area contributed by atoms with Gasteiger partial charge in [-0.05, 0) is 49.8 Å². The van der Waals surface area contributed by atoms with E-state index in [0.29, 0.717) is 19.6 Å². The lowest BCUT2D eigenvalue weighted by molar-refractivity contribution is -0.159. The highest BCUT2D eigenvalue weighted by Gasteiger charge is 2.51. The zero-order valence-electron chi connectivity index (χ0n) is 18.5. The molecule has 0 N–H and O–H groups in total. The van der Waals surface area contributed by atoms with E-state index in [9.17, 15) is 9.59 Å². The molecule has 1 saturated carbocycles. The molecule has 0 radical (unpaired) electrons. The molecule has 0 bridgehead atoms. The van der Waals surface area contributed by atoms with E-state index in [1.165, 1.54) is 0 Å². The van der Waals surface area contributed by atoms with E-state index in [-0.39, 0.29) is 23.3 Å². The van der Waals surface area contributed by atoms with Gasteiger partial charge in [0.05, 0.1) is 24.0 Å². The molecule has 2 heterocycles. The van der Waals surface area contributed by atoms with Gasteiger partial charge in [0.2, 0.25) is 11.8 Å². The Morgan fingerprint density at radius 3 is 2.23 bits per heavy atom. The Kier molecular flexibility index (Phi) is 5.80. The number of hydrogen-bond donors (Lipinski definition) is 0. The fraction of sp³-hybridized carbons (Fsp3) is 0.667. The summed E-state index contributed by atoms with van der Waals surface area (Å²) in [5.41, 5.74) is 0.283. The van der Waals surface area contributed by atoms with Gasteiger partial charge >= 0.3 is 0 Å². The highest BCUT2D eigenvalue weighted by molar-refractivity contribution is 5.89. The highest BCUT2D eigenvalue weighted by Crippen LogP contribution is 2.46. The first-order chi connectivity index (χ1) is 14.4. The molecule has 164 valence electrons. The van der Waals surface area contributed by atoms with Gasteiger partial charge in [-0.1, -0.05) is 25.0 Å². The van der Waals surface area contributed by atoms with E-state index in [2.05, 4.69) is 12.1 Å². The van der Waals surface area contributed by atoms with Crippen molar-refractivity contribution in [3.8, 4) is 5.75 Å². The first-order valence-electron chi connectivity index (χ1n) is 11.2. The lowest BCUT2D eigenvalue weighted by Crippen LogP contribution is -2.58. The van der Waals surface area contributed by atoms with Gasteiger partial charge in [0.1, 0.15) is 5.75 Å². The van der Waals surface area contributed by atoms with Gasteiger partial charge in [-0.2, -0.15) is 0 Å². The molecule has 1 aromatic carbocycles. The van der Waals surface area contributed by atoms with Crippen molar-refractivity contribution in [2.45, 2.75) is 56.5 Å². The summed E-state index contributed by atoms with van der Waals surface area (Å²) in [5.74, 6) is 1.26. The summed E-state index contributed by atoms with van der Waals surface area (Å²) in [6, 6.07) is 8.01. The van der Waals surface area contributed by atoms with Crippen LogP contribution in [0.1, 0.15) is 50.5 Å². The maximum atomic E-state index is 13.8. The SMILES string of the molecule is COc1ccc(C2(C(=O)N3CCC4(CC3)CC(OC)CN(C)C4=O)CCCC2)cc1. The molecule has 3 fully saturated rings. The first-order valence-corrected chi connectivity index (χ1v) is 11.2. The standard InChI is InChI=1S/C24H34N2O4/c1-25-17-20(30-3)16-23(21(25)27)12-14-26(15-13-23)22(28)24(10-4-5-11-24)18-6-8-19(29-2)9-7-18/h6-9,20H,4-5,10-17H2,1-3H3. The van der Waals surface area contributed by atoms with Gasteiger partial charge in [-0.15, -0.1) is 0 Å². The van der Waals surface area contributed by atoms with Crippen LogP contribution in [0, 0.1) is 5.41 Å². The number of piperidine rings is 2. The second kappa shape index (κ2) is 8.22. The average molecular weight is 415 g/mol. The molecule has 3 aliphatic rings. The quantitative estimate of drug-likeness (QED) is 0.760. The number of likely N-dealkylation sites (N-methyl/N-ethyl adjacent to an activating group) is 1. The number of hydrogen-bond acceptors (Lipinski definition) is 4. The van der Waals surface area contributed by atoms with Gasteiger partial charge in [-0.25, -0.2) is 0 Å². The van der Waals surface area contributed by atoms with Crippen LogP contribution in [0.2, 0.25) is 0 Å². The van der Waals surface area contributed by atoms with E-state index < -0.39 is 5.41 Å². The van der Waals surface area contributed by atoms with Gasteiger partial charge in [0.25, 0.3) is 0 Å². The summed E-state index contributed by atoms with van der Waals surface area (Å²) in [7, 11) is 5.25. The number of benzene rings is 1. The molecule has 6 nitrogen and oxygen atoms in total. The third-order valence-electron chi connectivity index (χ3n) is 7.75. The molecule has 2 amide bonds. The van der Waals surface area contributed by atoms with Crippen molar-refractivity contribution in [1.82, 2.24) is 9.80 Å². The number of carbonyl (C=O) groups is 2. The summed E-state index contributed by atoms with van der Waals surface area (Å²) >= 11 is 0. The maximum absolute atomic E-state index is 13.8. The Morgan fingerprint density at radius 2 is 1.67 bits per heavy atom. The van der Waals surface area contributed by atoms with Crippen LogP contribution < -0.4 is 4.74 Å². The molecule has 2 aliphatic heterocycles. The molecule has 4 rings (SSSR count). The Labute approximate surface area is 179 Å². The van der Waals surface area contributed by atoms with Crippen LogP contribution in [0.5, 0.6) is 5.75 Å². The van der Waals surface area contributed by atoms with Crippen molar-refractivity contribution in [3.05, 3.63) is 29.8 Å². The minimum atomic E-state index is -0.431. The van der Waals surface area contributed by atoms with Crippen molar-refractivity contribution < 1.29 is 19.1 Å². The molecule has 1 aromatic rings. The van der Waals surface area contributed by atoms with Crippen LogP contribution in [0.15, 0.2) is 24.3 Å². The van der Waals surface area contributed by atoms with Crippen LogP contribution in [0.25, 0.3) is 0 Å². The fourth-order valence-corrected chi connectivity index (χ4v) is 5.91. The normalized spacial score (nSPS) is 25.6. The van der Waals surface area contributed by atoms with Crippen LogP contribution in [0.4, 0.5) is 0 Å². The second-order valence-corrected chi connectivity index (χ2v) is 9.34. The van der Waals surface area contributed by atoms with Crippen LogP contribution in [-0.2, 0) is 19.7 Å². The van der Waals surface area contributed by atoms with Crippen molar-refractivity contribution in [2.24, 2.45) is 5.41 Å². The summed E-state index contributed by atoms with van der Waals surface area (Å²) in [6.45, 7) is 1.94. The van der Waals surface area contributed by atoms with Crippen LogP contribution in [-0.4, -0.2) is 68.6 Å². The Balaban J connectivity index is 1.52. The smallest absolute Gasteiger partial charge is 0.233 e. The minimum Gasteiger partial charge on any atom is -0.497 e. The zero-order chi connectivity index (χ0) is 21.4. The van der Waals surface area contributed by atoms with Gasteiger partial charge in [0, 0.05) is 33.8 Å². The molecule has 0 aromatic heterocycles. The predicted molar refractivity (Wildman–Crippen MR) is 114 cm³/mol. The van der Waals surface area contributed by atoms with Gasteiger partial charge < -0.3 is 19.3 Å². The Bertz CT molecular complexity index is 777. The van der Waals surface area contributed by atoms with Crippen molar-refractivity contribution >= 4 is 11.8 Å². The first kappa shape index (κ1) is 21.2. The lowest BCUT2D eigenvalue weighted by Gasteiger charge is -2.48. The lowest BCUT2D eigenvalue weighted by atomic mass is 9.70. The van der Waals surface area contributed by atoms with Crippen molar-refractivity contribution in [1.29, 1.82) is 0 Å². The van der Waals surface area contributed by atoms with Gasteiger partial charge in [0.15, 0.2) is 0 Å². The number of likely N-dealkylation sites (tertiary alicyclic amines) is 2. The fourth-order valence-electron chi connectivity index (χ4n) is 5.91. The number of carbonyl (C=O) groups excluding carboxylic acids is 2. The largest absolute Gasteiger partial charge is 0.497 e. The number of amides is 2. The molecule has 1 unspecified atom stereocenters. The summed E-state index contributed by atoms with van der Waals surface area (Å²) in [4.78, 5) is 30.6. The molecular formula is C24H34N2O4. The molecule has 6 heteroatoms. The molecular weight excluding hydrogens is 380 g/mol. The van der Waals surface area contributed by atoms with E-state index in [4.69, 9.17) is 9.47 Å². The van der Waals surface area contributed by atoms with Crippen LogP contribution >= 0.6 is 0 Å². The van der Waals surface area contributed by atoms with Crippen molar-refractivity contribution in [3.63, 3.8) is 0 Å². The maximum Gasteiger partial charge on any atom is 0.233 e. The topological polar surface area (TPSA) is 59.1 Å². The van der Waals surface area contributed by atoms with E-state index in [1.54, 1.807) is 14.2 Å². The third kappa shape index (κ3) is 3.49. The zero-order valence-corrected chi connectivity index (χ0v) is 18.5. The average Bonchev–Trinajstić information content (AvgIpc) is 3.28. The summed E-state index contributed by atoms with van der Waals surface area (Å²) < 4.78 is 10.9. The number of nitrogens with zero attached hydrogens (tertiary/aromatic N) is 2. The molecule has 1 aliphatic carbocycles. The summed E-state index contributed by atoms with van der Waals surface area (Å²) in [6.07, 6.45) is 6.23. The van der Waals surface area contributed by atoms with E-state index in [1.807, 2.05) is 29.0 Å².